The number of piperidine rings is 1. The van der Waals surface area contributed by atoms with Gasteiger partial charge < -0.3 is 26.0 Å². The van der Waals surface area contributed by atoms with Crippen molar-refractivity contribution in [3.05, 3.63) is 54.2 Å². The maximum Gasteiger partial charge on any atom is 0.220 e. The van der Waals surface area contributed by atoms with E-state index < -0.39 is 0 Å². The van der Waals surface area contributed by atoms with E-state index in [4.69, 9.17) is 10.5 Å². The van der Waals surface area contributed by atoms with Crippen LogP contribution in [-0.2, 0) is 11.3 Å². The molecule has 1 aromatic carbocycles. The van der Waals surface area contributed by atoms with E-state index in [0.717, 1.165) is 62.0 Å². The van der Waals surface area contributed by atoms with E-state index in [9.17, 15) is 4.79 Å². The molecule has 1 aliphatic rings. The van der Waals surface area contributed by atoms with Crippen LogP contribution in [0.3, 0.4) is 0 Å². The number of nitrogens with one attached hydrogen (secondary N) is 2. The number of rotatable bonds is 9. The first-order valence-electron chi connectivity index (χ1n) is 10.8. The van der Waals surface area contributed by atoms with Gasteiger partial charge >= 0.3 is 0 Å². The number of anilines is 1. The molecule has 0 unspecified atom stereocenters. The molecule has 8 nitrogen and oxygen atoms in total. The first-order chi connectivity index (χ1) is 15.2. The van der Waals surface area contributed by atoms with Crippen LogP contribution in [0.4, 0.5) is 5.82 Å². The molecule has 8 heteroatoms. The van der Waals surface area contributed by atoms with Crippen molar-refractivity contribution in [1.82, 2.24) is 15.6 Å². The summed E-state index contributed by atoms with van der Waals surface area (Å²) in [5, 5.41) is 6.67. The number of aliphatic imine (C=N–C) groups is 1. The molecular weight excluding hydrogens is 392 g/mol. The molecule has 0 aliphatic carbocycles. The first-order valence-corrected chi connectivity index (χ1v) is 10.8. The number of carbonyl (C=O) groups excluding carboxylic acids is 1. The number of nitrogens with two attached hydrogens (primary N) is 1. The van der Waals surface area contributed by atoms with E-state index >= 15 is 0 Å². The van der Waals surface area contributed by atoms with E-state index in [1.165, 1.54) is 0 Å². The molecule has 1 aromatic heterocycles. The summed E-state index contributed by atoms with van der Waals surface area (Å²) in [5.41, 5.74) is 6.55. The van der Waals surface area contributed by atoms with Crippen LogP contribution < -0.4 is 26.0 Å². The highest BCUT2D eigenvalue weighted by molar-refractivity contribution is 5.79. The number of ether oxygens (including phenoxy) is 1. The number of hydrogen-bond acceptors (Lipinski definition) is 5. The van der Waals surface area contributed by atoms with Gasteiger partial charge in [-0.25, -0.2) is 4.98 Å². The monoisotopic (exact) mass is 424 g/mol. The van der Waals surface area contributed by atoms with Gasteiger partial charge in [0.2, 0.25) is 5.91 Å². The molecule has 1 fully saturated rings. The fourth-order valence-corrected chi connectivity index (χ4v) is 3.61. The Bertz CT molecular complexity index is 850. The van der Waals surface area contributed by atoms with Crippen molar-refractivity contribution in [1.29, 1.82) is 0 Å². The SMILES string of the molecule is CN=C(NCCCOc1ccccc1)NCc1cccnc1N1CCC(C(N)=O)CC1. The van der Waals surface area contributed by atoms with E-state index in [1.54, 1.807) is 13.2 Å². The second-order valence-corrected chi connectivity index (χ2v) is 7.52. The molecule has 1 saturated heterocycles. The smallest absolute Gasteiger partial charge is 0.220 e. The zero-order valence-corrected chi connectivity index (χ0v) is 18.1. The van der Waals surface area contributed by atoms with Crippen molar-refractivity contribution < 1.29 is 9.53 Å². The van der Waals surface area contributed by atoms with Gasteiger partial charge in [0.15, 0.2) is 5.96 Å². The summed E-state index contributed by atoms with van der Waals surface area (Å²) in [7, 11) is 1.76. The number of hydrogen-bond donors (Lipinski definition) is 3. The molecule has 0 saturated carbocycles. The largest absolute Gasteiger partial charge is 0.494 e. The average molecular weight is 425 g/mol. The van der Waals surface area contributed by atoms with Crippen LogP contribution in [-0.4, -0.2) is 50.1 Å². The van der Waals surface area contributed by atoms with Gasteiger partial charge in [0.25, 0.3) is 0 Å². The Balaban J connectivity index is 1.44. The Kier molecular flexibility index (Phi) is 8.51. The molecule has 1 aliphatic heterocycles. The van der Waals surface area contributed by atoms with Gasteiger partial charge in [-0.3, -0.25) is 9.79 Å². The zero-order chi connectivity index (χ0) is 21.9. The number of guanidine groups is 1. The molecule has 0 bridgehead atoms. The van der Waals surface area contributed by atoms with Gasteiger partial charge in [-0.15, -0.1) is 0 Å². The lowest BCUT2D eigenvalue weighted by atomic mass is 9.96. The van der Waals surface area contributed by atoms with Gasteiger partial charge in [-0.1, -0.05) is 24.3 Å². The highest BCUT2D eigenvalue weighted by atomic mass is 16.5. The van der Waals surface area contributed by atoms with Gasteiger partial charge in [0.05, 0.1) is 6.61 Å². The quantitative estimate of drug-likeness (QED) is 0.323. The van der Waals surface area contributed by atoms with Crippen LogP contribution in [0, 0.1) is 5.92 Å². The third-order valence-electron chi connectivity index (χ3n) is 5.36. The van der Waals surface area contributed by atoms with E-state index in [2.05, 4.69) is 31.6 Å². The molecule has 0 atom stereocenters. The van der Waals surface area contributed by atoms with Gasteiger partial charge in [0, 0.05) is 50.9 Å². The maximum atomic E-state index is 11.4. The van der Waals surface area contributed by atoms with Crippen molar-refractivity contribution in [2.24, 2.45) is 16.6 Å². The third-order valence-corrected chi connectivity index (χ3v) is 5.36. The van der Waals surface area contributed by atoms with E-state index in [0.29, 0.717) is 13.2 Å². The van der Waals surface area contributed by atoms with Gasteiger partial charge in [-0.2, -0.15) is 0 Å². The van der Waals surface area contributed by atoms with E-state index in [1.807, 2.05) is 36.4 Å². The number of benzene rings is 1. The lowest BCUT2D eigenvalue weighted by molar-refractivity contribution is -0.122. The van der Waals surface area contributed by atoms with Crippen molar-refractivity contribution in [2.45, 2.75) is 25.8 Å². The minimum atomic E-state index is -0.202. The fourth-order valence-electron chi connectivity index (χ4n) is 3.61. The Morgan fingerprint density at radius 3 is 2.68 bits per heavy atom. The topological polar surface area (TPSA) is 105 Å². The Hall–Kier alpha value is -3.29. The summed E-state index contributed by atoms with van der Waals surface area (Å²) < 4.78 is 5.71. The molecular formula is C23H32N6O2. The van der Waals surface area contributed by atoms with Crippen LogP contribution >= 0.6 is 0 Å². The van der Waals surface area contributed by atoms with Crippen LogP contribution in [0.5, 0.6) is 5.75 Å². The molecule has 3 rings (SSSR count). The molecule has 2 heterocycles. The van der Waals surface area contributed by atoms with Crippen LogP contribution in [0.15, 0.2) is 53.7 Å². The molecule has 1 amide bonds. The molecule has 0 radical (unpaired) electrons. The molecule has 4 N–H and O–H groups in total. The summed E-state index contributed by atoms with van der Waals surface area (Å²) in [4.78, 5) is 22.5. The Morgan fingerprint density at radius 2 is 1.97 bits per heavy atom. The van der Waals surface area contributed by atoms with Crippen molar-refractivity contribution in [3.63, 3.8) is 0 Å². The molecule has 0 spiro atoms. The van der Waals surface area contributed by atoms with Crippen molar-refractivity contribution in [2.75, 3.05) is 38.2 Å². The van der Waals surface area contributed by atoms with Crippen LogP contribution in [0.1, 0.15) is 24.8 Å². The van der Waals surface area contributed by atoms with Crippen LogP contribution in [0.25, 0.3) is 0 Å². The Morgan fingerprint density at radius 1 is 1.19 bits per heavy atom. The number of aromatic nitrogens is 1. The van der Waals surface area contributed by atoms with Crippen LogP contribution in [0.2, 0.25) is 0 Å². The number of amides is 1. The number of carbonyl (C=O) groups is 1. The first kappa shape index (κ1) is 22.4. The predicted octanol–water partition coefficient (Wildman–Crippen LogP) is 1.92. The minimum absolute atomic E-state index is 0.0320. The summed E-state index contributed by atoms with van der Waals surface area (Å²) in [6, 6.07) is 13.8. The highest BCUT2D eigenvalue weighted by Crippen LogP contribution is 2.24. The van der Waals surface area contributed by atoms with Crippen molar-refractivity contribution >= 4 is 17.7 Å². The fraction of sp³-hybridized carbons (Fsp3) is 0.435. The lowest BCUT2D eigenvalue weighted by Gasteiger charge is -2.32. The second kappa shape index (κ2) is 11.8. The zero-order valence-electron chi connectivity index (χ0n) is 18.1. The summed E-state index contributed by atoms with van der Waals surface area (Å²) in [6.07, 6.45) is 4.21. The number of primary amides is 1. The third kappa shape index (κ3) is 6.87. The van der Waals surface area contributed by atoms with Gasteiger partial charge in [0.1, 0.15) is 11.6 Å². The average Bonchev–Trinajstić information content (AvgIpc) is 2.82. The summed E-state index contributed by atoms with van der Waals surface area (Å²) in [6.45, 7) is 3.58. The number of nitrogens with zero attached hydrogens (tertiary/aromatic N) is 3. The second-order valence-electron chi connectivity index (χ2n) is 7.52. The molecule has 31 heavy (non-hydrogen) atoms. The maximum absolute atomic E-state index is 11.4. The predicted molar refractivity (Wildman–Crippen MR) is 123 cm³/mol. The van der Waals surface area contributed by atoms with E-state index in [-0.39, 0.29) is 11.8 Å². The minimum Gasteiger partial charge on any atom is -0.494 e. The standard InChI is InChI=1S/C23H32N6O2/c1-25-23(27-13-6-16-31-20-8-3-2-4-9-20)28-17-19-7-5-12-26-22(19)29-14-10-18(11-15-29)21(24)30/h2-5,7-9,12,18H,6,10-11,13-17H2,1H3,(H2,24,30)(H2,25,27,28). The summed E-state index contributed by atoms with van der Waals surface area (Å²) in [5.74, 6) is 2.34. The summed E-state index contributed by atoms with van der Waals surface area (Å²) >= 11 is 0. The Labute approximate surface area is 183 Å². The molecule has 2 aromatic rings. The highest BCUT2D eigenvalue weighted by Gasteiger charge is 2.24. The molecule has 166 valence electrons. The normalized spacial score (nSPS) is 14.9. The lowest BCUT2D eigenvalue weighted by Crippen LogP contribution is -2.40. The van der Waals surface area contributed by atoms with Gasteiger partial charge in [-0.05, 0) is 37.5 Å². The number of para-hydroxylation sites is 1. The van der Waals surface area contributed by atoms with Crippen molar-refractivity contribution in [3.8, 4) is 5.75 Å². The number of pyridine rings is 1.